The first-order valence-corrected chi connectivity index (χ1v) is 15.3. The molecule has 0 aliphatic carbocycles. The van der Waals surface area contributed by atoms with Crippen LogP contribution in [0.15, 0.2) is 0 Å². The van der Waals surface area contributed by atoms with Gasteiger partial charge < -0.3 is 9.63 Å². The fraction of sp³-hybridized carbons (Fsp3) is 0.958. The Morgan fingerprint density at radius 2 is 1.35 bits per heavy atom. The average molecular weight is 481 g/mol. The zero-order chi connectivity index (χ0) is 23.4. The lowest BCUT2D eigenvalue weighted by Gasteiger charge is -2.26. The summed E-state index contributed by atoms with van der Waals surface area (Å²) in [5.74, 6) is 1.04. The van der Waals surface area contributed by atoms with Gasteiger partial charge >= 0.3 is 13.3 Å². The molecular formula is C24H49O5PS. The van der Waals surface area contributed by atoms with Crippen LogP contribution in [0.25, 0.3) is 0 Å². The Hall–Kier alpha value is -0.0300. The van der Waals surface area contributed by atoms with E-state index in [1.165, 1.54) is 77.0 Å². The topological polar surface area (TPSA) is 72.8 Å². The maximum atomic E-state index is 12.7. The molecule has 0 bridgehead atoms. The third kappa shape index (κ3) is 16.3. The fourth-order valence-electron chi connectivity index (χ4n) is 3.50. The van der Waals surface area contributed by atoms with Crippen LogP contribution in [-0.4, -0.2) is 34.5 Å². The van der Waals surface area contributed by atoms with Crippen molar-refractivity contribution in [2.75, 3.05) is 12.4 Å². The third-order valence-electron chi connectivity index (χ3n) is 5.45. The summed E-state index contributed by atoms with van der Waals surface area (Å²) < 4.78 is 23.4. The van der Waals surface area contributed by atoms with E-state index in [9.17, 15) is 14.5 Å². The first kappa shape index (κ1) is 31.0. The van der Waals surface area contributed by atoms with Gasteiger partial charge in [0.25, 0.3) is 0 Å². The van der Waals surface area contributed by atoms with Gasteiger partial charge in [-0.1, -0.05) is 97.8 Å². The van der Waals surface area contributed by atoms with Crippen LogP contribution < -0.4 is 0 Å². The Morgan fingerprint density at radius 3 is 1.87 bits per heavy atom. The summed E-state index contributed by atoms with van der Waals surface area (Å²) in [6.07, 6.45) is 17.5. The van der Waals surface area contributed by atoms with Gasteiger partial charge in [0.2, 0.25) is 0 Å². The van der Waals surface area contributed by atoms with E-state index in [2.05, 4.69) is 13.8 Å². The van der Waals surface area contributed by atoms with Crippen LogP contribution >= 0.6 is 19.4 Å². The molecule has 5 nitrogen and oxygen atoms in total. The standard InChI is InChI=1S/C24H49O5PS/c1-5-8-10-12-13-14-16-18-21-31-23(19-17-15-11-9-6-2)22(4)29-30(27,24(25)26)28-20-7-3/h22-23H,5-21H2,1-4H3,(H,25,26). The second-order valence-corrected chi connectivity index (χ2v) is 11.7. The van der Waals surface area contributed by atoms with Crippen molar-refractivity contribution in [1.82, 2.24) is 0 Å². The fourth-order valence-corrected chi connectivity index (χ4v) is 6.19. The van der Waals surface area contributed by atoms with Crippen molar-refractivity contribution in [1.29, 1.82) is 0 Å². The lowest BCUT2D eigenvalue weighted by molar-refractivity contribution is 0.142. The van der Waals surface area contributed by atoms with E-state index in [4.69, 9.17) is 9.05 Å². The molecule has 0 spiro atoms. The number of hydrogen-bond acceptors (Lipinski definition) is 5. The highest BCUT2D eigenvalue weighted by Crippen LogP contribution is 2.51. The molecule has 1 N–H and O–H groups in total. The van der Waals surface area contributed by atoms with Crippen molar-refractivity contribution in [3.8, 4) is 0 Å². The van der Waals surface area contributed by atoms with Crippen LogP contribution in [0.2, 0.25) is 0 Å². The molecule has 0 aromatic carbocycles. The highest BCUT2D eigenvalue weighted by Gasteiger charge is 2.38. The zero-order valence-corrected chi connectivity index (χ0v) is 22.3. The smallest absolute Gasteiger partial charge is 0.438 e. The van der Waals surface area contributed by atoms with Crippen LogP contribution in [0.1, 0.15) is 124 Å². The minimum absolute atomic E-state index is 0.128. The van der Waals surface area contributed by atoms with Crippen LogP contribution in [0.4, 0.5) is 4.79 Å². The lowest BCUT2D eigenvalue weighted by Crippen LogP contribution is -2.25. The Balaban J connectivity index is 4.55. The Labute approximate surface area is 196 Å². The van der Waals surface area contributed by atoms with E-state index >= 15 is 0 Å². The SMILES string of the molecule is CCCCCCCCCCSC(CCCCCCC)C(C)OP(=O)(OCCC)C(=O)O. The number of hydrogen-bond donors (Lipinski definition) is 1. The number of carbonyl (C=O) groups is 1. The van der Waals surface area contributed by atoms with Gasteiger partial charge in [0, 0.05) is 5.25 Å². The second kappa shape index (κ2) is 20.6. The molecule has 0 aliphatic heterocycles. The van der Waals surface area contributed by atoms with Crippen molar-refractivity contribution in [2.45, 2.75) is 135 Å². The zero-order valence-electron chi connectivity index (χ0n) is 20.6. The minimum Gasteiger partial charge on any atom is -0.472 e. The minimum atomic E-state index is -4.13. The number of thioether (sulfide) groups is 1. The molecule has 3 unspecified atom stereocenters. The molecular weight excluding hydrogens is 431 g/mol. The van der Waals surface area contributed by atoms with Crippen LogP contribution in [0.3, 0.4) is 0 Å². The molecule has 7 heteroatoms. The second-order valence-electron chi connectivity index (χ2n) is 8.51. The summed E-state index contributed by atoms with van der Waals surface area (Å²) in [4.78, 5) is 11.5. The molecule has 186 valence electrons. The Morgan fingerprint density at radius 1 is 0.839 bits per heavy atom. The van der Waals surface area contributed by atoms with Crippen molar-refractivity contribution in [2.24, 2.45) is 0 Å². The van der Waals surface area contributed by atoms with Crippen molar-refractivity contribution in [3.05, 3.63) is 0 Å². The number of rotatable bonds is 23. The maximum absolute atomic E-state index is 12.7. The summed E-state index contributed by atoms with van der Waals surface area (Å²) in [5, 5.41) is 9.54. The van der Waals surface area contributed by atoms with Crippen molar-refractivity contribution >= 4 is 25.1 Å². The summed E-state index contributed by atoms with van der Waals surface area (Å²) >= 11 is 1.85. The number of unbranched alkanes of at least 4 members (excludes halogenated alkanes) is 11. The Bertz CT molecular complexity index is 475. The Kier molecular flexibility index (Phi) is 20.5. The predicted molar refractivity (Wildman–Crippen MR) is 135 cm³/mol. The molecule has 0 aliphatic rings. The lowest BCUT2D eigenvalue weighted by atomic mass is 10.1. The molecule has 0 rings (SSSR count). The van der Waals surface area contributed by atoms with E-state index in [-0.39, 0.29) is 11.9 Å². The largest absolute Gasteiger partial charge is 0.472 e. The molecule has 0 radical (unpaired) electrons. The molecule has 0 amide bonds. The van der Waals surface area contributed by atoms with Crippen LogP contribution in [0.5, 0.6) is 0 Å². The molecule has 0 saturated heterocycles. The van der Waals surface area contributed by atoms with Crippen molar-refractivity contribution in [3.63, 3.8) is 0 Å². The van der Waals surface area contributed by atoms with Gasteiger partial charge in [-0.3, -0.25) is 4.52 Å². The first-order chi connectivity index (χ1) is 14.9. The third-order valence-corrected chi connectivity index (χ3v) is 8.62. The molecule has 0 aromatic rings. The maximum Gasteiger partial charge on any atom is 0.438 e. The molecule has 0 aromatic heterocycles. The molecule has 31 heavy (non-hydrogen) atoms. The molecule has 3 atom stereocenters. The van der Waals surface area contributed by atoms with E-state index < -0.39 is 19.4 Å². The van der Waals surface area contributed by atoms with E-state index in [0.717, 1.165) is 18.6 Å². The van der Waals surface area contributed by atoms with Gasteiger partial charge in [0.05, 0.1) is 12.7 Å². The molecule has 0 heterocycles. The highest BCUT2D eigenvalue weighted by atomic mass is 32.2. The molecule has 0 fully saturated rings. The van der Waals surface area contributed by atoms with Crippen LogP contribution in [0, 0.1) is 0 Å². The monoisotopic (exact) mass is 480 g/mol. The van der Waals surface area contributed by atoms with E-state index in [1.54, 1.807) is 0 Å². The summed E-state index contributed by atoms with van der Waals surface area (Å²) in [6.45, 7) is 8.28. The van der Waals surface area contributed by atoms with E-state index in [1.807, 2.05) is 25.6 Å². The van der Waals surface area contributed by atoms with Gasteiger partial charge in [-0.2, -0.15) is 11.8 Å². The summed E-state index contributed by atoms with van der Waals surface area (Å²) in [7, 11) is -4.13. The van der Waals surface area contributed by atoms with E-state index in [0.29, 0.717) is 6.42 Å². The highest BCUT2D eigenvalue weighted by molar-refractivity contribution is 7.99. The van der Waals surface area contributed by atoms with Gasteiger partial charge in [-0.25, -0.2) is 9.36 Å². The van der Waals surface area contributed by atoms with Gasteiger partial charge in [-0.15, -0.1) is 0 Å². The quantitative estimate of drug-likeness (QED) is 0.116. The van der Waals surface area contributed by atoms with Gasteiger partial charge in [0.1, 0.15) is 0 Å². The van der Waals surface area contributed by atoms with Gasteiger partial charge in [-0.05, 0) is 31.9 Å². The first-order valence-electron chi connectivity index (χ1n) is 12.7. The van der Waals surface area contributed by atoms with Gasteiger partial charge in [0.15, 0.2) is 0 Å². The van der Waals surface area contributed by atoms with Crippen molar-refractivity contribution < 1.29 is 23.5 Å². The molecule has 0 saturated carbocycles. The summed E-state index contributed by atoms with van der Waals surface area (Å²) in [6, 6.07) is 0. The normalized spacial score (nSPS) is 15.5. The summed E-state index contributed by atoms with van der Waals surface area (Å²) in [5.41, 5.74) is -1.48. The van der Waals surface area contributed by atoms with Crippen LogP contribution in [-0.2, 0) is 13.6 Å². The predicted octanol–water partition coefficient (Wildman–Crippen LogP) is 9.29. The average Bonchev–Trinajstić information content (AvgIpc) is 2.74. The number of carboxylic acid groups (broad SMARTS) is 1.